The first kappa shape index (κ1) is 16.1. The van der Waals surface area contributed by atoms with Crippen molar-refractivity contribution >= 4 is 5.69 Å². The maximum absolute atomic E-state index is 10.3. The van der Waals surface area contributed by atoms with Crippen LogP contribution >= 0.6 is 0 Å². The number of aromatic hydroxyl groups is 1. The summed E-state index contributed by atoms with van der Waals surface area (Å²) < 4.78 is 0. The summed E-state index contributed by atoms with van der Waals surface area (Å²) in [6.45, 7) is 7.36. The largest absolute Gasteiger partial charge is 0.508 e. The van der Waals surface area contributed by atoms with Crippen LogP contribution in [0.3, 0.4) is 0 Å². The van der Waals surface area contributed by atoms with Crippen LogP contribution in [0.25, 0.3) is 0 Å². The SMILES string of the molecule is CCNC(C)c1ccc(N(C)C2CCN(C)CC2)cc1O. The Balaban J connectivity index is 2.08. The highest BCUT2D eigenvalue weighted by Crippen LogP contribution is 2.30. The third-order valence-electron chi connectivity index (χ3n) is 4.63. The van der Waals surface area contributed by atoms with Gasteiger partial charge in [0.15, 0.2) is 0 Å². The van der Waals surface area contributed by atoms with E-state index in [1.54, 1.807) is 0 Å². The molecule has 2 N–H and O–H groups in total. The van der Waals surface area contributed by atoms with Crippen molar-refractivity contribution in [3.63, 3.8) is 0 Å². The predicted octanol–water partition coefficient (Wildman–Crippen LogP) is 2.59. The van der Waals surface area contributed by atoms with Crippen molar-refractivity contribution in [1.29, 1.82) is 0 Å². The molecule has 1 atom stereocenters. The van der Waals surface area contributed by atoms with Crippen molar-refractivity contribution in [3.05, 3.63) is 23.8 Å². The van der Waals surface area contributed by atoms with E-state index in [9.17, 15) is 5.11 Å². The molecule has 1 aromatic rings. The Kier molecular flexibility index (Phi) is 5.48. The molecule has 1 aromatic carbocycles. The van der Waals surface area contributed by atoms with Crippen LogP contribution < -0.4 is 10.2 Å². The van der Waals surface area contributed by atoms with E-state index in [1.165, 1.54) is 12.8 Å². The second-order valence-corrected chi connectivity index (χ2v) is 6.17. The second kappa shape index (κ2) is 7.14. The average Bonchev–Trinajstić information content (AvgIpc) is 2.47. The summed E-state index contributed by atoms with van der Waals surface area (Å²) in [5, 5.41) is 13.6. The predicted molar refractivity (Wildman–Crippen MR) is 89.1 cm³/mol. The minimum atomic E-state index is 0.178. The van der Waals surface area contributed by atoms with Crippen molar-refractivity contribution in [2.45, 2.75) is 38.8 Å². The summed E-state index contributed by atoms with van der Waals surface area (Å²) in [6, 6.07) is 6.82. The average molecular weight is 291 g/mol. The fourth-order valence-electron chi connectivity index (χ4n) is 3.13. The first-order valence-electron chi connectivity index (χ1n) is 8.00. The van der Waals surface area contributed by atoms with Gasteiger partial charge in [0.1, 0.15) is 5.75 Å². The molecule has 0 spiro atoms. The van der Waals surface area contributed by atoms with Gasteiger partial charge in [-0.05, 0) is 52.5 Å². The third kappa shape index (κ3) is 3.89. The van der Waals surface area contributed by atoms with E-state index >= 15 is 0 Å². The Morgan fingerprint density at radius 2 is 2.05 bits per heavy atom. The van der Waals surface area contributed by atoms with Crippen LogP contribution in [-0.2, 0) is 0 Å². The van der Waals surface area contributed by atoms with Gasteiger partial charge in [0, 0.05) is 36.4 Å². The molecule has 21 heavy (non-hydrogen) atoms. The zero-order valence-corrected chi connectivity index (χ0v) is 13.8. The van der Waals surface area contributed by atoms with Gasteiger partial charge in [-0.2, -0.15) is 0 Å². The molecular weight excluding hydrogens is 262 g/mol. The highest BCUT2D eigenvalue weighted by atomic mass is 16.3. The third-order valence-corrected chi connectivity index (χ3v) is 4.63. The molecule has 0 aliphatic carbocycles. The zero-order valence-electron chi connectivity index (χ0n) is 13.8. The number of piperidine rings is 1. The van der Waals surface area contributed by atoms with E-state index in [1.807, 2.05) is 12.1 Å². The van der Waals surface area contributed by atoms with Crippen LogP contribution in [-0.4, -0.2) is 49.8 Å². The summed E-state index contributed by atoms with van der Waals surface area (Å²) >= 11 is 0. The van der Waals surface area contributed by atoms with Gasteiger partial charge in [-0.15, -0.1) is 0 Å². The molecule has 2 rings (SSSR count). The van der Waals surface area contributed by atoms with Gasteiger partial charge in [0.2, 0.25) is 0 Å². The fourth-order valence-corrected chi connectivity index (χ4v) is 3.13. The molecule has 4 nitrogen and oxygen atoms in total. The van der Waals surface area contributed by atoms with E-state index in [0.29, 0.717) is 11.8 Å². The summed E-state index contributed by atoms with van der Waals surface area (Å²) in [6.07, 6.45) is 2.37. The fraction of sp³-hybridized carbons (Fsp3) is 0.647. The number of hydrogen-bond acceptors (Lipinski definition) is 4. The molecule has 1 fully saturated rings. The highest BCUT2D eigenvalue weighted by molar-refractivity contribution is 5.54. The Bertz CT molecular complexity index is 455. The zero-order chi connectivity index (χ0) is 15.4. The Hall–Kier alpha value is -1.26. The molecule has 1 heterocycles. The number of benzene rings is 1. The van der Waals surface area contributed by atoms with Gasteiger partial charge in [-0.3, -0.25) is 0 Å². The van der Waals surface area contributed by atoms with Gasteiger partial charge < -0.3 is 20.2 Å². The molecule has 0 saturated carbocycles. The van der Waals surface area contributed by atoms with Gasteiger partial charge in [0.05, 0.1) is 0 Å². The molecule has 4 heteroatoms. The lowest BCUT2D eigenvalue weighted by Crippen LogP contribution is -2.42. The van der Waals surface area contributed by atoms with Crippen LogP contribution in [0.4, 0.5) is 5.69 Å². The first-order chi connectivity index (χ1) is 10.0. The van der Waals surface area contributed by atoms with E-state index in [4.69, 9.17) is 0 Å². The minimum absolute atomic E-state index is 0.178. The van der Waals surface area contributed by atoms with E-state index in [-0.39, 0.29) is 6.04 Å². The van der Waals surface area contributed by atoms with Gasteiger partial charge in [-0.25, -0.2) is 0 Å². The van der Waals surface area contributed by atoms with E-state index in [0.717, 1.165) is 30.9 Å². The molecule has 0 aromatic heterocycles. The van der Waals surface area contributed by atoms with E-state index < -0.39 is 0 Å². The van der Waals surface area contributed by atoms with Crippen molar-refractivity contribution in [2.24, 2.45) is 0 Å². The molecule has 1 aliphatic heterocycles. The van der Waals surface area contributed by atoms with Crippen molar-refractivity contribution in [2.75, 3.05) is 38.6 Å². The topological polar surface area (TPSA) is 38.7 Å². The number of hydrogen-bond donors (Lipinski definition) is 2. The lowest BCUT2D eigenvalue weighted by molar-refractivity contribution is 0.253. The maximum Gasteiger partial charge on any atom is 0.122 e. The lowest BCUT2D eigenvalue weighted by atomic mass is 10.0. The summed E-state index contributed by atoms with van der Waals surface area (Å²) in [5.74, 6) is 0.390. The quantitative estimate of drug-likeness (QED) is 0.874. The van der Waals surface area contributed by atoms with Crippen LogP contribution in [0, 0.1) is 0 Å². The lowest BCUT2D eigenvalue weighted by Gasteiger charge is -2.36. The van der Waals surface area contributed by atoms with Crippen LogP contribution in [0.15, 0.2) is 18.2 Å². The Morgan fingerprint density at radius 3 is 2.62 bits per heavy atom. The molecular formula is C17H29N3O. The van der Waals surface area contributed by atoms with Crippen LogP contribution in [0.1, 0.15) is 38.3 Å². The smallest absolute Gasteiger partial charge is 0.122 e. The van der Waals surface area contributed by atoms with Crippen molar-refractivity contribution in [3.8, 4) is 5.75 Å². The number of likely N-dealkylation sites (tertiary alicyclic amines) is 1. The molecule has 0 radical (unpaired) electrons. The number of rotatable bonds is 5. The standard InChI is InChI=1S/C17H29N3O/c1-5-18-13(2)16-7-6-15(12-17(16)21)20(4)14-8-10-19(3)11-9-14/h6-7,12-14,18,21H,5,8-11H2,1-4H3. The summed E-state index contributed by atoms with van der Waals surface area (Å²) in [4.78, 5) is 4.69. The number of nitrogens with zero attached hydrogens (tertiary/aromatic N) is 2. The number of anilines is 1. The first-order valence-corrected chi connectivity index (χ1v) is 8.00. The van der Waals surface area contributed by atoms with Crippen LogP contribution in [0.2, 0.25) is 0 Å². The molecule has 1 saturated heterocycles. The normalized spacial score (nSPS) is 18.7. The Labute approximate surface area is 128 Å². The van der Waals surface area contributed by atoms with Gasteiger partial charge in [0.25, 0.3) is 0 Å². The monoisotopic (exact) mass is 291 g/mol. The van der Waals surface area contributed by atoms with E-state index in [2.05, 4.69) is 49.1 Å². The maximum atomic E-state index is 10.3. The van der Waals surface area contributed by atoms with Gasteiger partial charge >= 0.3 is 0 Å². The summed E-state index contributed by atoms with van der Waals surface area (Å²) in [7, 11) is 4.32. The van der Waals surface area contributed by atoms with Gasteiger partial charge in [-0.1, -0.05) is 13.0 Å². The van der Waals surface area contributed by atoms with Crippen molar-refractivity contribution < 1.29 is 5.11 Å². The molecule has 0 amide bonds. The minimum Gasteiger partial charge on any atom is -0.508 e. The molecule has 118 valence electrons. The Morgan fingerprint density at radius 1 is 1.38 bits per heavy atom. The van der Waals surface area contributed by atoms with Crippen molar-refractivity contribution in [1.82, 2.24) is 10.2 Å². The number of phenolic OH excluding ortho intramolecular Hbond substituents is 1. The highest BCUT2D eigenvalue weighted by Gasteiger charge is 2.21. The molecule has 0 bridgehead atoms. The summed E-state index contributed by atoms with van der Waals surface area (Å²) in [5.41, 5.74) is 2.08. The molecule has 1 unspecified atom stereocenters. The van der Waals surface area contributed by atoms with Crippen LogP contribution in [0.5, 0.6) is 5.75 Å². The molecule has 1 aliphatic rings. The second-order valence-electron chi connectivity index (χ2n) is 6.17. The number of phenols is 1. The number of nitrogens with one attached hydrogen (secondary N) is 1.